The summed E-state index contributed by atoms with van der Waals surface area (Å²) in [5, 5.41) is 2.98. The zero-order valence-corrected chi connectivity index (χ0v) is 14.4. The molecule has 130 valence electrons. The molecule has 2 heterocycles. The lowest BCUT2D eigenvalue weighted by Gasteiger charge is -2.24. The van der Waals surface area contributed by atoms with Crippen LogP contribution in [0.1, 0.15) is 37.5 Å². The van der Waals surface area contributed by atoms with Crippen LogP contribution in [0.25, 0.3) is 11.3 Å². The third kappa shape index (κ3) is 3.18. The number of rotatable bonds is 3. The van der Waals surface area contributed by atoms with E-state index in [9.17, 15) is 9.59 Å². The molecule has 0 bridgehead atoms. The fourth-order valence-corrected chi connectivity index (χ4v) is 3.38. The van der Waals surface area contributed by atoms with Gasteiger partial charge in [0.2, 0.25) is 11.8 Å². The number of benzene rings is 1. The quantitative estimate of drug-likeness (QED) is 0.930. The largest absolute Gasteiger partial charge is 0.461 e. The van der Waals surface area contributed by atoms with Crippen molar-refractivity contribution in [2.24, 2.45) is 5.92 Å². The highest BCUT2D eigenvalue weighted by atomic mass is 16.3. The summed E-state index contributed by atoms with van der Waals surface area (Å²) in [4.78, 5) is 25.4. The monoisotopic (exact) mass is 338 g/mol. The molecule has 0 unspecified atom stereocenters. The maximum Gasteiger partial charge on any atom is 0.227 e. The first kappa shape index (κ1) is 15.9. The van der Waals surface area contributed by atoms with Gasteiger partial charge in [-0.3, -0.25) is 9.59 Å². The maximum absolute atomic E-state index is 12.0. The van der Waals surface area contributed by atoms with Gasteiger partial charge in [0.15, 0.2) is 0 Å². The van der Waals surface area contributed by atoms with Gasteiger partial charge in [-0.05, 0) is 43.2 Å². The minimum atomic E-state index is 0.0972. The Bertz CT molecular complexity index is 803. The number of furan rings is 1. The summed E-state index contributed by atoms with van der Waals surface area (Å²) in [6, 6.07) is 9.77. The Morgan fingerprint density at radius 3 is 2.60 bits per heavy atom. The van der Waals surface area contributed by atoms with Gasteiger partial charge >= 0.3 is 0 Å². The van der Waals surface area contributed by atoms with E-state index in [1.54, 1.807) is 6.92 Å². The number of anilines is 1. The van der Waals surface area contributed by atoms with Crippen molar-refractivity contribution in [3.8, 4) is 11.3 Å². The number of fused-ring (bicyclic) bond motifs is 1. The Morgan fingerprint density at radius 2 is 1.96 bits per heavy atom. The van der Waals surface area contributed by atoms with Crippen molar-refractivity contribution in [3.63, 3.8) is 0 Å². The van der Waals surface area contributed by atoms with Crippen LogP contribution >= 0.6 is 0 Å². The van der Waals surface area contributed by atoms with Crippen LogP contribution in [0, 0.1) is 5.92 Å². The van der Waals surface area contributed by atoms with Crippen molar-refractivity contribution in [1.82, 2.24) is 4.90 Å². The molecular weight excluding hydrogens is 316 g/mol. The topological polar surface area (TPSA) is 62.6 Å². The minimum Gasteiger partial charge on any atom is -0.461 e. The lowest BCUT2D eigenvalue weighted by molar-refractivity contribution is -0.129. The summed E-state index contributed by atoms with van der Waals surface area (Å²) >= 11 is 0. The van der Waals surface area contributed by atoms with Crippen LogP contribution in [-0.2, 0) is 22.6 Å². The van der Waals surface area contributed by atoms with Crippen LogP contribution < -0.4 is 5.32 Å². The predicted octanol–water partition coefficient (Wildman–Crippen LogP) is 3.59. The van der Waals surface area contributed by atoms with E-state index in [0.717, 1.165) is 54.0 Å². The minimum absolute atomic E-state index is 0.0972. The average molecular weight is 338 g/mol. The zero-order valence-electron chi connectivity index (χ0n) is 14.4. The molecule has 2 amide bonds. The van der Waals surface area contributed by atoms with Crippen molar-refractivity contribution < 1.29 is 14.0 Å². The first-order valence-electron chi connectivity index (χ1n) is 8.88. The Morgan fingerprint density at radius 1 is 1.20 bits per heavy atom. The summed E-state index contributed by atoms with van der Waals surface area (Å²) < 4.78 is 5.98. The molecule has 1 aromatic heterocycles. The summed E-state index contributed by atoms with van der Waals surface area (Å²) in [6.07, 6.45) is 3.91. The van der Waals surface area contributed by atoms with Crippen LogP contribution in [0.4, 0.5) is 5.69 Å². The number of hydrogen-bond donors (Lipinski definition) is 1. The van der Waals surface area contributed by atoms with E-state index in [1.165, 1.54) is 0 Å². The molecular formula is C20H22N2O3. The molecule has 25 heavy (non-hydrogen) atoms. The fourth-order valence-electron chi connectivity index (χ4n) is 3.38. The van der Waals surface area contributed by atoms with E-state index in [-0.39, 0.29) is 17.7 Å². The highest BCUT2D eigenvalue weighted by molar-refractivity contribution is 5.93. The van der Waals surface area contributed by atoms with Crippen LogP contribution in [-0.4, -0.2) is 23.3 Å². The number of nitrogens with one attached hydrogen (secondary N) is 1. The number of amides is 2. The van der Waals surface area contributed by atoms with Gasteiger partial charge in [0.1, 0.15) is 11.5 Å². The summed E-state index contributed by atoms with van der Waals surface area (Å²) in [5.41, 5.74) is 2.88. The lowest BCUT2D eigenvalue weighted by atomic mass is 9.85. The molecule has 0 atom stereocenters. The molecule has 5 heteroatoms. The molecule has 2 aliphatic rings. The number of carbonyl (C=O) groups excluding carboxylic acids is 2. The molecule has 5 nitrogen and oxygen atoms in total. The Labute approximate surface area is 147 Å². The molecule has 0 saturated heterocycles. The van der Waals surface area contributed by atoms with Gasteiger partial charge in [0.05, 0.1) is 0 Å². The van der Waals surface area contributed by atoms with Gasteiger partial charge in [-0.2, -0.15) is 0 Å². The second kappa shape index (κ2) is 6.39. The fraction of sp³-hybridized carbons (Fsp3) is 0.400. The molecule has 1 aromatic carbocycles. The number of nitrogens with zero attached hydrogens (tertiary/aromatic N) is 1. The van der Waals surface area contributed by atoms with Crippen LogP contribution in [0.2, 0.25) is 0 Å². The van der Waals surface area contributed by atoms with Crippen molar-refractivity contribution in [2.75, 3.05) is 11.9 Å². The molecule has 2 aromatic rings. The van der Waals surface area contributed by atoms with E-state index in [4.69, 9.17) is 4.42 Å². The second-order valence-corrected chi connectivity index (χ2v) is 6.94. The van der Waals surface area contributed by atoms with Gasteiger partial charge in [0.25, 0.3) is 0 Å². The SMILES string of the molecule is CC(=O)N1CCc2oc(-c3ccc(NC(=O)C4CCC4)cc3)cc2C1. The second-order valence-electron chi connectivity index (χ2n) is 6.94. The van der Waals surface area contributed by atoms with Gasteiger partial charge in [-0.25, -0.2) is 0 Å². The van der Waals surface area contributed by atoms with E-state index in [1.807, 2.05) is 35.2 Å². The maximum atomic E-state index is 12.0. The van der Waals surface area contributed by atoms with Crippen molar-refractivity contribution in [3.05, 3.63) is 41.7 Å². The van der Waals surface area contributed by atoms with Crippen LogP contribution in [0.5, 0.6) is 0 Å². The molecule has 1 fully saturated rings. The van der Waals surface area contributed by atoms with Crippen LogP contribution in [0.3, 0.4) is 0 Å². The Balaban J connectivity index is 1.47. The smallest absolute Gasteiger partial charge is 0.227 e. The first-order valence-corrected chi connectivity index (χ1v) is 8.88. The van der Waals surface area contributed by atoms with Crippen LogP contribution in [0.15, 0.2) is 34.7 Å². The Hall–Kier alpha value is -2.56. The third-order valence-corrected chi connectivity index (χ3v) is 5.22. The predicted molar refractivity (Wildman–Crippen MR) is 94.9 cm³/mol. The summed E-state index contributed by atoms with van der Waals surface area (Å²) in [6.45, 7) is 2.92. The van der Waals surface area contributed by atoms with E-state index < -0.39 is 0 Å². The standard InChI is InChI=1S/C20H22N2O3/c1-13(23)22-10-9-18-16(12-22)11-19(25-18)14-5-7-17(8-6-14)21-20(24)15-3-2-4-15/h5-8,11,15H,2-4,9-10,12H2,1H3,(H,21,24). The number of carbonyl (C=O) groups is 2. The van der Waals surface area contributed by atoms with E-state index in [2.05, 4.69) is 5.32 Å². The molecule has 1 saturated carbocycles. The highest BCUT2D eigenvalue weighted by Gasteiger charge is 2.25. The normalized spacial score (nSPS) is 16.9. The van der Waals surface area contributed by atoms with Crippen molar-refractivity contribution in [2.45, 2.75) is 39.2 Å². The van der Waals surface area contributed by atoms with Gasteiger partial charge in [-0.1, -0.05) is 6.42 Å². The number of hydrogen-bond acceptors (Lipinski definition) is 3. The lowest BCUT2D eigenvalue weighted by Crippen LogP contribution is -2.33. The third-order valence-electron chi connectivity index (χ3n) is 5.22. The average Bonchev–Trinajstić information content (AvgIpc) is 2.96. The van der Waals surface area contributed by atoms with E-state index in [0.29, 0.717) is 13.1 Å². The highest BCUT2D eigenvalue weighted by Crippen LogP contribution is 2.31. The van der Waals surface area contributed by atoms with Crippen molar-refractivity contribution >= 4 is 17.5 Å². The zero-order chi connectivity index (χ0) is 17.4. The van der Waals surface area contributed by atoms with E-state index >= 15 is 0 Å². The van der Waals surface area contributed by atoms with Gasteiger partial charge in [-0.15, -0.1) is 0 Å². The molecule has 0 radical (unpaired) electrons. The Kier molecular flexibility index (Phi) is 4.07. The molecule has 4 rings (SSSR count). The molecule has 0 spiro atoms. The molecule has 1 N–H and O–H groups in total. The summed E-state index contributed by atoms with van der Waals surface area (Å²) in [7, 11) is 0. The van der Waals surface area contributed by atoms with Gasteiger partial charge in [0, 0.05) is 49.2 Å². The van der Waals surface area contributed by atoms with Crippen molar-refractivity contribution in [1.29, 1.82) is 0 Å². The van der Waals surface area contributed by atoms with Gasteiger partial charge < -0.3 is 14.6 Å². The molecule has 1 aliphatic carbocycles. The molecule has 1 aliphatic heterocycles. The summed E-state index contributed by atoms with van der Waals surface area (Å²) in [5.74, 6) is 2.18. The first-order chi connectivity index (χ1) is 12.1.